The van der Waals surface area contributed by atoms with Crippen molar-refractivity contribution >= 4 is 29.1 Å². The molecule has 0 atom stereocenters. The van der Waals surface area contributed by atoms with Crippen molar-refractivity contribution in [1.82, 2.24) is 14.8 Å². The van der Waals surface area contributed by atoms with Crippen LogP contribution in [0, 0.1) is 0 Å². The van der Waals surface area contributed by atoms with Crippen LogP contribution in [0.1, 0.15) is 30.2 Å². The third-order valence-electron chi connectivity index (χ3n) is 2.51. The van der Waals surface area contributed by atoms with Crippen molar-refractivity contribution < 1.29 is 9.90 Å². The molecule has 0 bridgehead atoms. The van der Waals surface area contributed by atoms with Gasteiger partial charge in [0, 0.05) is 18.4 Å². The monoisotopic (exact) mass is 280 g/mol. The minimum atomic E-state index is -1.09. The molecule has 7 heteroatoms. The highest BCUT2D eigenvalue weighted by molar-refractivity contribution is 6.35. The van der Waals surface area contributed by atoms with Crippen LogP contribution in [0.15, 0.2) is 24.7 Å². The van der Waals surface area contributed by atoms with E-state index in [0.717, 1.165) is 0 Å². The van der Waals surface area contributed by atoms with Crippen LogP contribution in [0.3, 0.4) is 0 Å². The van der Waals surface area contributed by atoms with Gasteiger partial charge >= 0.3 is 5.97 Å². The fraction of sp³-hybridized carbons (Fsp3) is 0.250. The zero-order valence-electron chi connectivity index (χ0n) is 10.5. The van der Waals surface area contributed by atoms with E-state index in [9.17, 15) is 4.79 Å². The molecule has 0 amide bonds. The van der Waals surface area contributed by atoms with Crippen LogP contribution in [-0.2, 0) is 0 Å². The van der Waals surface area contributed by atoms with Crippen LogP contribution >= 0.6 is 11.6 Å². The zero-order valence-corrected chi connectivity index (χ0v) is 11.2. The Balaban J connectivity index is 2.28. The van der Waals surface area contributed by atoms with E-state index >= 15 is 0 Å². The van der Waals surface area contributed by atoms with Gasteiger partial charge in [0.25, 0.3) is 0 Å². The highest BCUT2D eigenvalue weighted by Gasteiger charge is 2.14. The molecule has 2 aromatic heterocycles. The van der Waals surface area contributed by atoms with Gasteiger partial charge in [0.15, 0.2) is 0 Å². The van der Waals surface area contributed by atoms with E-state index in [0.29, 0.717) is 11.5 Å². The number of carboxylic acid groups (broad SMARTS) is 1. The topological polar surface area (TPSA) is 80.0 Å². The molecule has 2 heterocycles. The number of pyridine rings is 1. The minimum absolute atomic E-state index is 0.00965. The van der Waals surface area contributed by atoms with Gasteiger partial charge in [0.2, 0.25) is 0 Å². The molecule has 0 saturated carbocycles. The molecule has 100 valence electrons. The smallest absolute Gasteiger partial charge is 0.337 e. The van der Waals surface area contributed by atoms with Crippen molar-refractivity contribution in [2.75, 3.05) is 5.32 Å². The number of aromatic nitrogens is 3. The van der Waals surface area contributed by atoms with Gasteiger partial charge in [-0.1, -0.05) is 11.6 Å². The molecular formula is C12H13ClN4O2. The Bertz CT molecular complexity index is 610. The van der Waals surface area contributed by atoms with E-state index < -0.39 is 5.97 Å². The van der Waals surface area contributed by atoms with E-state index in [1.54, 1.807) is 17.1 Å². The normalized spacial score (nSPS) is 10.7. The van der Waals surface area contributed by atoms with Gasteiger partial charge in [-0.25, -0.2) is 9.78 Å². The first-order valence-corrected chi connectivity index (χ1v) is 6.06. The maximum Gasteiger partial charge on any atom is 0.337 e. The fourth-order valence-corrected chi connectivity index (χ4v) is 1.76. The van der Waals surface area contributed by atoms with Gasteiger partial charge < -0.3 is 10.4 Å². The molecular weight excluding hydrogens is 268 g/mol. The van der Waals surface area contributed by atoms with Gasteiger partial charge in [0.1, 0.15) is 5.82 Å². The van der Waals surface area contributed by atoms with Gasteiger partial charge in [-0.3, -0.25) is 4.68 Å². The summed E-state index contributed by atoms with van der Waals surface area (Å²) in [4.78, 5) is 15.0. The maximum absolute atomic E-state index is 11.0. The number of carbonyl (C=O) groups is 1. The van der Waals surface area contributed by atoms with E-state index in [1.165, 1.54) is 12.3 Å². The van der Waals surface area contributed by atoms with Crippen molar-refractivity contribution in [3.63, 3.8) is 0 Å². The predicted molar refractivity (Wildman–Crippen MR) is 72.1 cm³/mol. The Morgan fingerprint density at radius 2 is 2.26 bits per heavy atom. The van der Waals surface area contributed by atoms with Crippen LogP contribution < -0.4 is 5.32 Å². The quantitative estimate of drug-likeness (QED) is 0.900. The predicted octanol–water partition coefficient (Wildman–Crippen LogP) is 2.95. The Morgan fingerprint density at radius 1 is 1.53 bits per heavy atom. The van der Waals surface area contributed by atoms with E-state index in [4.69, 9.17) is 16.7 Å². The first-order valence-electron chi connectivity index (χ1n) is 5.68. The molecule has 0 unspecified atom stereocenters. The van der Waals surface area contributed by atoms with Crippen LogP contribution in [0.5, 0.6) is 0 Å². The number of halogens is 1. The molecule has 0 aliphatic heterocycles. The van der Waals surface area contributed by atoms with Crippen LogP contribution in [0.25, 0.3) is 0 Å². The fourth-order valence-electron chi connectivity index (χ4n) is 1.52. The van der Waals surface area contributed by atoms with Crippen LogP contribution in [-0.4, -0.2) is 25.8 Å². The number of aromatic carboxylic acids is 1. The second-order valence-corrected chi connectivity index (χ2v) is 4.63. The molecule has 0 saturated heterocycles. The summed E-state index contributed by atoms with van der Waals surface area (Å²) in [5.41, 5.74) is 0.709. The molecule has 0 aromatic carbocycles. The Labute approximate surface area is 115 Å². The lowest BCUT2D eigenvalue weighted by Crippen LogP contribution is -2.02. The third kappa shape index (κ3) is 2.85. The van der Waals surface area contributed by atoms with Gasteiger partial charge in [-0.2, -0.15) is 5.10 Å². The lowest BCUT2D eigenvalue weighted by Gasteiger charge is -2.07. The maximum atomic E-state index is 11.0. The average Bonchev–Trinajstić information content (AvgIpc) is 2.80. The summed E-state index contributed by atoms with van der Waals surface area (Å²) in [6.07, 6.45) is 4.83. The molecule has 2 rings (SSSR count). The number of carboxylic acids is 1. The van der Waals surface area contributed by atoms with Crippen molar-refractivity contribution in [2.45, 2.75) is 19.9 Å². The Hall–Kier alpha value is -2.08. The van der Waals surface area contributed by atoms with E-state index in [1.807, 2.05) is 13.8 Å². The molecule has 19 heavy (non-hydrogen) atoms. The summed E-state index contributed by atoms with van der Waals surface area (Å²) in [5, 5.41) is 16.2. The number of nitrogens with one attached hydrogen (secondary N) is 1. The van der Waals surface area contributed by atoms with Crippen LogP contribution in [0.4, 0.5) is 11.5 Å². The molecule has 2 N–H and O–H groups in total. The molecule has 0 aliphatic rings. The summed E-state index contributed by atoms with van der Waals surface area (Å²) in [6, 6.07) is 1.59. The van der Waals surface area contributed by atoms with Gasteiger partial charge in [-0.05, 0) is 19.9 Å². The molecule has 0 fully saturated rings. The molecule has 6 nitrogen and oxygen atoms in total. The Morgan fingerprint density at radius 3 is 2.84 bits per heavy atom. The van der Waals surface area contributed by atoms with Crippen molar-refractivity contribution in [3.05, 3.63) is 35.2 Å². The number of rotatable bonds is 4. The average molecular weight is 281 g/mol. The SMILES string of the molecule is CC(C)n1cc(Nc2nccc(C(=O)O)c2Cl)cn1. The summed E-state index contributed by atoms with van der Waals surface area (Å²) in [7, 11) is 0. The lowest BCUT2D eigenvalue weighted by atomic mass is 10.2. The number of hydrogen-bond acceptors (Lipinski definition) is 4. The number of hydrogen-bond donors (Lipinski definition) is 2. The molecule has 0 spiro atoms. The first-order chi connectivity index (χ1) is 8.99. The highest BCUT2D eigenvalue weighted by atomic mass is 35.5. The summed E-state index contributed by atoms with van der Waals surface area (Å²) in [6.45, 7) is 4.01. The first kappa shape index (κ1) is 13.4. The van der Waals surface area contributed by atoms with Crippen molar-refractivity contribution in [2.24, 2.45) is 0 Å². The standard InChI is InChI=1S/C12H13ClN4O2/c1-7(2)17-6-8(5-15-17)16-11-10(13)9(12(18)19)3-4-14-11/h3-7H,1-2H3,(H,14,16)(H,18,19). The molecule has 0 aliphatic carbocycles. The summed E-state index contributed by atoms with van der Waals surface area (Å²) >= 11 is 5.99. The van der Waals surface area contributed by atoms with E-state index in [-0.39, 0.29) is 16.6 Å². The van der Waals surface area contributed by atoms with Crippen molar-refractivity contribution in [1.29, 1.82) is 0 Å². The summed E-state index contributed by atoms with van der Waals surface area (Å²) in [5.74, 6) is -0.793. The highest BCUT2D eigenvalue weighted by Crippen LogP contribution is 2.26. The number of anilines is 2. The van der Waals surface area contributed by atoms with E-state index in [2.05, 4.69) is 15.4 Å². The van der Waals surface area contributed by atoms with Crippen molar-refractivity contribution in [3.8, 4) is 0 Å². The third-order valence-corrected chi connectivity index (χ3v) is 2.90. The van der Waals surface area contributed by atoms with Gasteiger partial charge in [-0.15, -0.1) is 0 Å². The second kappa shape index (κ2) is 5.27. The van der Waals surface area contributed by atoms with Gasteiger partial charge in [0.05, 0.1) is 22.5 Å². The second-order valence-electron chi connectivity index (χ2n) is 4.25. The Kier molecular flexibility index (Phi) is 3.71. The molecule has 2 aromatic rings. The lowest BCUT2D eigenvalue weighted by molar-refractivity contribution is 0.0697. The summed E-state index contributed by atoms with van der Waals surface area (Å²) < 4.78 is 1.78. The van der Waals surface area contributed by atoms with Crippen LogP contribution in [0.2, 0.25) is 5.02 Å². The zero-order chi connectivity index (χ0) is 14.0. The minimum Gasteiger partial charge on any atom is -0.478 e. The largest absolute Gasteiger partial charge is 0.478 e. The number of nitrogens with zero attached hydrogens (tertiary/aromatic N) is 3. The molecule has 0 radical (unpaired) electrons.